The Morgan fingerprint density at radius 3 is 2.72 bits per heavy atom. The number of hydrogen-bond donors (Lipinski definition) is 2. The van der Waals surface area contributed by atoms with Gasteiger partial charge in [-0.05, 0) is 33.6 Å². The number of aliphatic imine (C=N–C) groups is 1. The van der Waals surface area contributed by atoms with Crippen molar-refractivity contribution in [2.45, 2.75) is 45.3 Å². The molecular formula is C17H31IN4O3. The number of halogens is 1. The summed E-state index contributed by atoms with van der Waals surface area (Å²) in [4.78, 5) is 17.8. The first-order chi connectivity index (χ1) is 11.4. The van der Waals surface area contributed by atoms with Crippen LogP contribution in [0.25, 0.3) is 0 Å². The Bertz CT molecular complexity index is 497. The van der Waals surface area contributed by atoms with Gasteiger partial charge >= 0.3 is 6.09 Å². The van der Waals surface area contributed by atoms with Gasteiger partial charge in [0.25, 0.3) is 0 Å². The number of hydrogen-bond acceptors (Lipinski definition) is 4. The Labute approximate surface area is 167 Å². The molecule has 2 heterocycles. The number of rotatable bonds is 4. The van der Waals surface area contributed by atoms with E-state index in [0.29, 0.717) is 13.1 Å². The number of amides is 1. The van der Waals surface area contributed by atoms with Crippen LogP contribution in [0.15, 0.2) is 16.6 Å². The molecule has 1 saturated heterocycles. The number of likely N-dealkylation sites (tertiary alicyclic amines) is 1. The molecule has 0 saturated carbocycles. The Morgan fingerprint density at radius 2 is 2.16 bits per heavy atom. The molecule has 0 aromatic heterocycles. The average molecular weight is 466 g/mol. The molecule has 2 N–H and O–H groups in total. The predicted octanol–water partition coefficient (Wildman–Crippen LogP) is 2.13. The number of ether oxygens (including phenoxy) is 2. The summed E-state index contributed by atoms with van der Waals surface area (Å²) >= 11 is 0. The number of nitrogens with zero attached hydrogens (tertiary/aromatic N) is 2. The van der Waals surface area contributed by atoms with Crippen LogP contribution in [-0.4, -0.2) is 68.5 Å². The predicted molar refractivity (Wildman–Crippen MR) is 110 cm³/mol. The lowest BCUT2D eigenvalue weighted by molar-refractivity contribution is 0.00701. The lowest BCUT2D eigenvalue weighted by Crippen LogP contribution is -2.63. The molecule has 2 aliphatic heterocycles. The van der Waals surface area contributed by atoms with Crippen LogP contribution < -0.4 is 10.6 Å². The summed E-state index contributed by atoms with van der Waals surface area (Å²) in [5, 5.41) is 6.65. The van der Waals surface area contributed by atoms with Crippen LogP contribution in [0.4, 0.5) is 4.79 Å². The monoisotopic (exact) mass is 466 g/mol. The van der Waals surface area contributed by atoms with Crippen LogP contribution in [-0.2, 0) is 9.47 Å². The van der Waals surface area contributed by atoms with Crippen molar-refractivity contribution in [2.75, 3.05) is 39.9 Å². The molecular weight excluding hydrogens is 435 g/mol. The van der Waals surface area contributed by atoms with Crippen LogP contribution in [0.2, 0.25) is 0 Å². The van der Waals surface area contributed by atoms with Crippen LogP contribution in [0.1, 0.15) is 33.6 Å². The summed E-state index contributed by atoms with van der Waals surface area (Å²) in [5.41, 5.74) is 0.982. The molecule has 0 spiro atoms. The zero-order chi connectivity index (χ0) is 17.6. The highest BCUT2D eigenvalue weighted by atomic mass is 127. The first-order valence-electron chi connectivity index (χ1n) is 8.58. The van der Waals surface area contributed by atoms with Gasteiger partial charge in [-0.25, -0.2) is 4.79 Å². The fraction of sp³-hybridized carbons (Fsp3) is 0.765. The van der Waals surface area contributed by atoms with Crippen molar-refractivity contribution in [1.29, 1.82) is 0 Å². The van der Waals surface area contributed by atoms with Gasteiger partial charge in [-0.1, -0.05) is 11.6 Å². The fourth-order valence-electron chi connectivity index (χ4n) is 2.57. The van der Waals surface area contributed by atoms with Gasteiger partial charge < -0.3 is 25.0 Å². The second kappa shape index (κ2) is 10.2. The minimum absolute atomic E-state index is 0. The maximum absolute atomic E-state index is 11.9. The molecule has 1 fully saturated rings. The average Bonchev–Trinajstić information content (AvgIpc) is 2.47. The Hall–Kier alpha value is -1.03. The van der Waals surface area contributed by atoms with Crippen LogP contribution in [0, 0.1) is 0 Å². The molecule has 7 nitrogen and oxygen atoms in total. The van der Waals surface area contributed by atoms with Gasteiger partial charge in [0.05, 0.1) is 19.3 Å². The molecule has 0 aliphatic carbocycles. The van der Waals surface area contributed by atoms with Gasteiger partial charge in [-0.2, -0.15) is 0 Å². The van der Waals surface area contributed by atoms with Gasteiger partial charge in [-0.15, -0.1) is 24.0 Å². The normalized spacial score (nSPS) is 18.6. The van der Waals surface area contributed by atoms with Crippen molar-refractivity contribution in [3.05, 3.63) is 11.6 Å². The zero-order valence-electron chi connectivity index (χ0n) is 15.6. The summed E-state index contributed by atoms with van der Waals surface area (Å²) < 4.78 is 10.7. The Morgan fingerprint density at radius 1 is 1.44 bits per heavy atom. The Kier molecular flexibility index (Phi) is 8.98. The van der Waals surface area contributed by atoms with Gasteiger partial charge in [0.15, 0.2) is 5.96 Å². The molecule has 0 aromatic rings. The largest absolute Gasteiger partial charge is 0.444 e. The highest BCUT2D eigenvalue weighted by Gasteiger charge is 2.34. The van der Waals surface area contributed by atoms with Crippen molar-refractivity contribution in [1.82, 2.24) is 15.5 Å². The highest BCUT2D eigenvalue weighted by molar-refractivity contribution is 14.0. The maximum atomic E-state index is 11.9. The van der Waals surface area contributed by atoms with E-state index in [0.717, 1.165) is 38.6 Å². The van der Waals surface area contributed by atoms with Crippen LogP contribution >= 0.6 is 24.0 Å². The molecule has 1 amide bonds. The van der Waals surface area contributed by atoms with Gasteiger partial charge in [0, 0.05) is 26.7 Å². The second-order valence-corrected chi connectivity index (χ2v) is 7.16. The minimum Gasteiger partial charge on any atom is -0.444 e. The molecule has 0 bridgehead atoms. The fourth-order valence-corrected chi connectivity index (χ4v) is 2.57. The van der Waals surface area contributed by atoms with Crippen LogP contribution in [0.5, 0.6) is 0 Å². The number of carbonyl (C=O) groups excluding carboxylic acids is 1. The molecule has 2 aliphatic rings. The molecule has 25 heavy (non-hydrogen) atoms. The summed E-state index contributed by atoms with van der Waals surface area (Å²) in [6.45, 7) is 9.29. The third kappa shape index (κ3) is 7.81. The van der Waals surface area contributed by atoms with Crippen molar-refractivity contribution < 1.29 is 14.3 Å². The first-order valence-corrected chi connectivity index (χ1v) is 8.58. The third-order valence-electron chi connectivity index (χ3n) is 3.89. The van der Waals surface area contributed by atoms with Crippen molar-refractivity contribution in [2.24, 2.45) is 4.99 Å². The van der Waals surface area contributed by atoms with E-state index in [1.807, 2.05) is 20.8 Å². The number of carbonyl (C=O) groups is 1. The molecule has 2 rings (SSSR count). The lowest BCUT2D eigenvalue weighted by Gasteiger charge is -2.40. The van der Waals surface area contributed by atoms with E-state index in [4.69, 9.17) is 9.47 Å². The van der Waals surface area contributed by atoms with Gasteiger partial charge in [-0.3, -0.25) is 4.99 Å². The number of guanidine groups is 1. The smallest absolute Gasteiger partial charge is 0.410 e. The zero-order valence-corrected chi connectivity index (χ0v) is 18.0. The van der Waals surface area contributed by atoms with Gasteiger partial charge in [0.1, 0.15) is 5.60 Å². The topological polar surface area (TPSA) is 75.2 Å². The molecule has 0 radical (unpaired) electrons. The van der Waals surface area contributed by atoms with E-state index < -0.39 is 5.60 Å². The molecule has 8 heteroatoms. The quantitative estimate of drug-likeness (QED) is 0.288. The third-order valence-corrected chi connectivity index (χ3v) is 3.89. The SMILES string of the molecule is CN=C(NCCC1=CCOCC1)NC1CN(C(=O)OC(C)(C)C)C1.I. The first kappa shape index (κ1) is 22.0. The summed E-state index contributed by atoms with van der Waals surface area (Å²) in [7, 11) is 1.76. The van der Waals surface area contributed by atoms with E-state index in [-0.39, 0.29) is 36.1 Å². The molecule has 144 valence electrons. The minimum atomic E-state index is -0.452. The molecule has 0 unspecified atom stereocenters. The second-order valence-electron chi connectivity index (χ2n) is 7.16. The van der Waals surface area contributed by atoms with Gasteiger partial charge in [0.2, 0.25) is 0 Å². The van der Waals surface area contributed by atoms with Crippen molar-refractivity contribution in [3.63, 3.8) is 0 Å². The standard InChI is InChI=1S/C17H30N4O3.HI/c1-17(2,3)24-16(22)21-11-14(12-21)20-15(18-4)19-8-5-13-6-9-23-10-7-13;/h6,14H,5,7-12H2,1-4H3,(H2,18,19,20);1H. The van der Waals surface area contributed by atoms with E-state index >= 15 is 0 Å². The van der Waals surface area contributed by atoms with Crippen LogP contribution in [0.3, 0.4) is 0 Å². The van der Waals surface area contributed by atoms with E-state index in [1.165, 1.54) is 5.57 Å². The van der Waals surface area contributed by atoms with Crippen molar-refractivity contribution >= 4 is 36.0 Å². The summed E-state index contributed by atoms with van der Waals surface area (Å²) in [6.07, 6.45) is 3.92. The maximum Gasteiger partial charge on any atom is 0.410 e. The highest BCUT2D eigenvalue weighted by Crippen LogP contribution is 2.15. The number of nitrogens with one attached hydrogen (secondary N) is 2. The van der Waals surface area contributed by atoms with Crippen molar-refractivity contribution in [3.8, 4) is 0 Å². The molecule has 0 aromatic carbocycles. The van der Waals surface area contributed by atoms with E-state index in [2.05, 4.69) is 21.7 Å². The summed E-state index contributed by atoms with van der Waals surface area (Å²) in [5.74, 6) is 0.775. The Balaban J connectivity index is 0.00000312. The van der Waals surface area contributed by atoms with E-state index in [1.54, 1.807) is 11.9 Å². The lowest BCUT2D eigenvalue weighted by atomic mass is 10.1. The van der Waals surface area contributed by atoms with E-state index in [9.17, 15) is 4.79 Å². The summed E-state index contributed by atoms with van der Waals surface area (Å²) in [6, 6.07) is 0.214. The molecule has 0 atom stereocenters.